The number of aliphatic hydroxyl groups is 2. The van der Waals surface area contributed by atoms with Crippen molar-refractivity contribution in [3.8, 4) is 23.0 Å². The van der Waals surface area contributed by atoms with Crippen molar-refractivity contribution >= 4 is 0 Å². The van der Waals surface area contributed by atoms with Crippen molar-refractivity contribution in [3.05, 3.63) is 94.1 Å². The largest absolute Gasteiger partial charge is 0.507 e. The first-order valence-electron chi connectivity index (χ1n) is 22.9. The molecule has 6 rings (SSSR count). The fourth-order valence-corrected chi connectivity index (χ4v) is 10.8. The van der Waals surface area contributed by atoms with E-state index in [1.807, 2.05) is 50.3 Å². The Balaban J connectivity index is 0.000000221. The Kier molecular flexibility index (Phi) is 16.2. The first-order valence-corrected chi connectivity index (χ1v) is 22.9. The molecule has 2 fully saturated rings. The lowest BCUT2D eigenvalue weighted by Gasteiger charge is -2.43. The minimum absolute atomic E-state index is 0.0277. The van der Waals surface area contributed by atoms with Crippen molar-refractivity contribution < 1.29 is 30.6 Å². The van der Waals surface area contributed by atoms with Gasteiger partial charge >= 0.3 is 0 Å². The van der Waals surface area contributed by atoms with Crippen molar-refractivity contribution in [1.29, 1.82) is 0 Å². The van der Waals surface area contributed by atoms with Crippen LogP contribution in [0, 0.1) is 11.8 Å². The van der Waals surface area contributed by atoms with Crippen LogP contribution in [0.1, 0.15) is 190 Å². The summed E-state index contributed by atoms with van der Waals surface area (Å²) in [5.74, 6) is 0.800. The summed E-state index contributed by atoms with van der Waals surface area (Å²) in [5.41, 5.74) is 7.65. The number of phenols is 4. The zero-order valence-corrected chi connectivity index (χ0v) is 36.4. The Morgan fingerprint density at radius 1 is 0.569 bits per heavy atom. The molecular weight excluding hydrogens is 721 g/mol. The Hall–Kier alpha value is -3.48. The van der Waals surface area contributed by atoms with Crippen LogP contribution in [0.4, 0.5) is 0 Å². The van der Waals surface area contributed by atoms with Crippen molar-refractivity contribution in [2.75, 3.05) is 13.2 Å². The predicted octanol–water partition coefficient (Wildman–Crippen LogP) is 13.0. The zero-order chi connectivity index (χ0) is 42.0. The van der Waals surface area contributed by atoms with E-state index in [1.165, 1.54) is 64.2 Å². The van der Waals surface area contributed by atoms with Gasteiger partial charge in [0, 0.05) is 23.0 Å². The second-order valence-corrected chi connectivity index (χ2v) is 18.7. The van der Waals surface area contributed by atoms with Crippen LogP contribution in [0.3, 0.4) is 0 Å². The summed E-state index contributed by atoms with van der Waals surface area (Å²) in [6, 6.07) is 7.63. The van der Waals surface area contributed by atoms with E-state index >= 15 is 0 Å². The molecule has 4 aliphatic carbocycles. The lowest BCUT2D eigenvalue weighted by molar-refractivity contribution is 0.217. The Bertz CT molecular complexity index is 1600. The summed E-state index contributed by atoms with van der Waals surface area (Å²) in [5, 5.41) is 63.2. The highest BCUT2D eigenvalue weighted by molar-refractivity contribution is 5.55. The SMILES string of the molecule is C=C(C)[C@H]1CCC(CO)=C[C@@H]1c1c(O)cc(C2(CCCCCC)CCC2)cc1O.C=C(C)[C@H]1CCC(CO)=C[C@@H]1c1c(O)cc(C2(CCCCCC)CCC2)cc1O. The van der Waals surface area contributed by atoms with E-state index in [9.17, 15) is 30.6 Å². The quantitative estimate of drug-likeness (QED) is 0.0660. The van der Waals surface area contributed by atoms with Gasteiger partial charge in [0.25, 0.3) is 0 Å². The molecule has 0 amide bonds. The summed E-state index contributed by atoms with van der Waals surface area (Å²) < 4.78 is 0. The molecule has 0 heterocycles. The number of hydrogen-bond acceptors (Lipinski definition) is 6. The van der Waals surface area contributed by atoms with Crippen molar-refractivity contribution in [2.45, 2.75) is 179 Å². The predicted molar refractivity (Wildman–Crippen MR) is 239 cm³/mol. The Morgan fingerprint density at radius 3 is 1.17 bits per heavy atom. The van der Waals surface area contributed by atoms with Gasteiger partial charge in [-0.15, -0.1) is 0 Å². The molecular formula is C52H76O6. The average molecular weight is 797 g/mol. The molecule has 320 valence electrons. The van der Waals surface area contributed by atoms with E-state index in [2.05, 4.69) is 27.0 Å². The second kappa shape index (κ2) is 20.7. The summed E-state index contributed by atoms with van der Waals surface area (Å²) in [7, 11) is 0. The molecule has 58 heavy (non-hydrogen) atoms. The standard InChI is InChI=1S/2C26H38O3/c2*1-4-5-6-7-11-26(12-8-13-26)20-15-23(28)25(24(29)16-20)22-14-19(17-27)9-10-21(22)18(2)3/h2*14-16,21-22,27-29H,2,4-13,17H2,1,3H3/t2*21-,22+/m11/s1. The molecule has 2 aromatic carbocycles. The third kappa shape index (κ3) is 10.3. The molecule has 2 saturated carbocycles. The first-order chi connectivity index (χ1) is 27.8. The van der Waals surface area contributed by atoms with Gasteiger partial charge in [-0.3, -0.25) is 0 Å². The fraction of sp³-hybridized carbons (Fsp3) is 0.615. The van der Waals surface area contributed by atoms with Gasteiger partial charge in [0.1, 0.15) is 23.0 Å². The summed E-state index contributed by atoms with van der Waals surface area (Å²) in [4.78, 5) is 0. The minimum Gasteiger partial charge on any atom is -0.507 e. The number of allylic oxidation sites excluding steroid dienone is 4. The Labute approximate surface area is 350 Å². The van der Waals surface area contributed by atoms with Gasteiger partial charge in [0.2, 0.25) is 0 Å². The molecule has 4 atom stereocenters. The molecule has 6 heteroatoms. The molecule has 0 bridgehead atoms. The molecule has 0 spiro atoms. The van der Waals surface area contributed by atoms with E-state index in [0.717, 1.165) is 97.6 Å². The zero-order valence-electron chi connectivity index (χ0n) is 36.4. The number of unbranched alkanes of at least 4 members (excludes halogenated alkanes) is 6. The van der Waals surface area contributed by atoms with Crippen LogP contribution in [0.25, 0.3) is 0 Å². The molecule has 4 aliphatic rings. The van der Waals surface area contributed by atoms with Crippen LogP contribution < -0.4 is 0 Å². The highest BCUT2D eigenvalue weighted by Crippen LogP contribution is 2.54. The van der Waals surface area contributed by atoms with Gasteiger partial charge in [-0.2, -0.15) is 0 Å². The number of rotatable bonds is 18. The topological polar surface area (TPSA) is 121 Å². The van der Waals surface area contributed by atoms with Gasteiger partial charge in [-0.05, 0) is 147 Å². The van der Waals surface area contributed by atoms with Crippen LogP contribution in [0.2, 0.25) is 0 Å². The van der Waals surface area contributed by atoms with Crippen LogP contribution >= 0.6 is 0 Å². The number of aromatic hydroxyl groups is 4. The minimum atomic E-state index is -0.139. The molecule has 0 saturated heterocycles. The van der Waals surface area contributed by atoms with Crippen molar-refractivity contribution in [3.63, 3.8) is 0 Å². The monoisotopic (exact) mass is 797 g/mol. The van der Waals surface area contributed by atoms with Crippen molar-refractivity contribution in [2.24, 2.45) is 11.8 Å². The maximum atomic E-state index is 11.0. The van der Waals surface area contributed by atoms with Gasteiger partial charge in [-0.1, -0.05) is 115 Å². The van der Waals surface area contributed by atoms with Crippen LogP contribution in [0.5, 0.6) is 23.0 Å². The van der Waals surface area contributed by atoms with Crippen molar-refractivity contribution in [1.82, 2.24) is 0 Å². The van der Waals surface area contributed by atoms with Crippen LogP contribution in [-0.2, 0) is 10.8 Å². The van der Waals surface area contributed by atoms with Gasteiger partial charge < -0.3 is 30.6 Å². The smallest absolute Gasteiger partial charge is 0.123 e. The normalized spacial score (nSPS) is 23.3. The summed E-state index contributed by atoms with van der Waals surface area (Å²) in [6.45, 7) is 16.8. The summed E-state index contributed by atoms with van der Waals surface area (Å²) in [6.07, 6.45) is 26.7. The molecule has 6 nitrogen and oxygen atoms in total. The van der Waals surface area contributed by atoms with Crippen LogP contribution in [-0.4, -0.2) is 43.9 Å². The van der Waals surface area contributed by atoms with Gasteiger partial charge in [0.15, 0.2) is 0 Å². The lowest BCUT2D eigenvalue weighted by Crippen LogP contribution is -2.34. The lowest BCUT2D eigenvalue weighted by atomic mass is 9.61. The maximum absolute atomic E-state index is 11.0. The van der Waals surface area contributed by atoms with Gasteiger partial charge in [0.05, 0.1) is 13.2 Å². The molecule has 0 radical (unpaired) electrons. The van der Waals surface area contributed by atoms with E-state index in [4.69, 9.17) is 0 Å². The van der Waals surface area contributed by atoms with E-state index < -0.39 is 0 Å². The average Bonchev–Trinajstić information content (AvgIpc) is 3.16. The van der Waals surface area contributed by atoms with Gasteiger partial charge in [-0.25, -0.2) is 0 Å². The second-order valence-electron chi connectivity index (χ2n) is 18.7. The summed E-state index contributed by atoms with van der Waals surface area (Å²) >= 11 is 0. The third-order valence-corrected chi connectivity index (χ3v) is 14.7. The van der Waals surface area contributed by atoms with E-state index in [0.29, 0.717) is 11.1 Å². The van der Waals surface area contributed by atoms with Crippen LogP contribution in [0.15, 0.2) is 71.9 Å². The van der Waals surface area contributed by atoms with E-state index in [1.54, 1.807) is 0 Å². The number of phenolic OH excluding ortho intramolecular Hbond substituents is 4. The third-order valence-electron chi connectivity index (χ3n) is 14.7. The molecule has 6 N–H and O–H groups in total. The fourth-order valence-electron chi connectivity index (χ4n) is 10.8. The number of benzene rings is 2. The Morgan fingerprint density at radius 2 is 0.914 bits per heavy atom. The first kappa shape index (κ1) is 45.6. The molecule has 2 aromatic rings. The highest BCUT2D eigenvalue weighted by atomic mass is 16.3. The number of aliphatic hydroxyl groups excluding tert-OH is 2. The molecule has 0 aliphatic heterocycles. The maximum Gasteiger partial charge on any atom is 0.123 e. The number of hydrogen-bond donors (Lipinski definition) is 6. The molecule has 0 unspecified atom stereocenters. The highest BCUT2D eigenvalue weighted by Gasteiger charge is 2.41. The van der Waals surface area contributed by atoms with E-state index in [-0.39, 0.29) is 70.7 Å². The molecule has 0 aromatic heterocycles.